The largest absolute Gasteiger partial charge is 1.00 e. The van der Waals surface area contributed by atoms with Crippen LogP contribution in [0.5, 0.6) is 0 Å². The molecule has 3 aliphatic heterocycles. The molecular formula is C12H21Br3N3O3-3. The number of halogens is 3. The van der Waals surface area contributed by atoms with E-state index in [1.54, 1.807) is 0 Å². The normalized spacial score (nSPS) is 18.0. The number of hydrogen-bond acceptors (Lipinski definition) is 3. The first kappa shape index (κ1) is 25.8. The molecule has 0 saturated carbocycles. The van der Waals surface area contributed by atoms with Crippen LogP contribution in [0.25, 0.3) is 0 Å². The van der Waals surface area contributed by atoms with Crippen LogP contribution in [0.2, 0.25) is 0 Å². The SMILES string of the molecule is O=C1CCCN1.O=C1CCCN1.O=C1CCCN1.[Br-].[Br-].[Br-]. The lowest BCUT2D eigenvalue weighted by atomic mass is 10.4. The van der Waals surface area contributed by atoms with Gasteiger partial charge in [0.25, 0.3) is 0 Å². The van der Waals surface area contributed by atoms with E-state index in [0.29, 0.717) is 0 Å². The Morgan fingerprint density at radius 2 is 0.762 bits per heavy atom. The van der Waals surface area contributed by atoms with E-state index < -0.39 is 0 Å². The third kappa shape index (κ3) is 14.5. The molecule has 3 heterocycles. The lowest BCUT2D eigenvalue weighted by Crippen LogP contribution is -3.00. The van der Waals surface area contributed by atoms with Crippen molar-refractivity contribution in [2.24, 2.45) is 0 Å². The predicted molar refractivity (Wildman–Crippen MR) is 66.7 cm³/mol. The average Bonchev–Trinajstić information content (AvgIpc) is 3.05. The molecule has 0 aromatic heterocycles. The molecule has 3 rings (SSSR count). The van der Waals surface area contributed by atoms with Crippen LogP contribution in [-0.2, 0) is 14.4 Å². The number of carbonyl (C=O) groups excluding carboxylic acids is 3. The lowest BCUT2D eigenvalue weighted by Gasteiger charge is -1.80. The molecule has 6 nitrogen and oxygen atoms in total. The monoisotopic (exact) mass is 492 g/mol. The van der Waals surface area contributed by atoms with Crippen LogP contribution in [0, 0.1) is 0 Å². The van der Waals surface area contributed by atoms with Gasteiger partial charge in [-0.05, 0) is 19.3 Å². The molecule has 3 saturated heterocycles. The van der Waals surface area contributed by atoms with Gasteiger partial charge in [0.2, 0.25) is 17.7 Å². The number of rotatable bonds is 0. The number of carbonyl (C=O) groups is 3. The van der Waals surface area contributed by atoms with Crippen molar-refractivity contribution in [2.45, 2.75) is 38.5 Å². The molecule has 0 spiro atoms. The van der Waals surface area contributed by atoms with Crippen LogP contribution in [0.3, 0.4) is 0 Å². The smallest absolute Gasteiger partial charge is 0.220 e. The van der Waals surface area contributed by atoms with Gasteiger partial charge in [-0.15, -0.1) is 0 Å². The Labute approximate surface area is 156 Å². The van der Waals surface area contributed by atoms with Crippen molar-refractivity contribution in [1.29, 1.82) is 0 Å². The van der Waals surface area contributed by atoms with Gasteiger partial charge in [-0.2, -0.15) is 0 Å². The summed E-state index contributed by atoms with van der Waals surface area (Å²) in [5.74, 6) is 0.611. The molecule has 0 atom stereocenters. The van der Waals surface area contributed by atoms with Crippen molar-refractivity contribution in [2.75, 3.05) is 19.6 Å². The maximum Gasteiger partial charge on any atom is 0.220 e. The zero-order valence-electron chi connectivity index (χ0n) is 11.7. The predicted octanol–water partition coefficient (Wildman–Crippen LogP) is -9.30. The standard InChI is InChI=1S/3C4H7NO.3BrH/c3*6-4-2-1-3-5-4;;;/h3*1-3H2,(H,5,6);3*1H/p-3. The van der Waals surface area contributed by atoms with E-state index >= 15 is 0 Å². The van der Waals surface area contributed by atoms with Crippen LogP contribution in [0.1, 0.15) is 38.5 Å². The lowest BCUT2D eigenvalue weighted by molar-refractivity contribution is -0.119. The number of amides is 3. The first-order chi connectivity index (χ1) is 8.68. The Balaban J connectivity index is -0.000000216. The second-order valence-electron chi connectivity index (χ2n) is 4.36. The van der Waals surface area contributed by atoms with Gasteiger partial charge >= 0.3 is 0 Å². The molecule has 0 aromatic rings. The van der Waals surface area contributed by atoms with Crippen molar-refractivity contribution in [3.63, 3.8) is 0 Å². The molecule has 21 heavy (non-hydrogen) atoms. The van der Waals surface area contributed by atoms with E-state index in [-0.39, 0.29) is 68.7 Å². The van der Waals surface area contributed by atoms with E-state index in [4.69, 9.17) is 0 Å². The summed E-state index contributed by atoms with van der Waals surface area (Å²) in [6.07, 6.45) is 5.29. The fourth-order valence-electron chi connectivity index (χ4n) is 1.70. The number of hydrogen-bond donors (Lipinski definition) is 3. The minimum absolute atomic E-state index is 0. The van der Waals surface area contributed by atoms with Crippen molar-refractivity contribution >= 4 is 17.7 Å². The second-order valence-corrected chi connectivity index (χ2v) is 4.36. The third-order valence-corrected chi connectivity index (χ3v) is 2.71. The van der Waals surface area contributed by atoms with Gasteiger partial charge in [0.1, 0.15) is 0 Å². The molecule has 0 aromatic carbocycles. The van der Waals surface area contributed by atoms with Crippen LogP contribution in [0.15, 0.2) is 0 Å². The second kappa shape index (κ2) is 16.2. The molecule has 0 unspecified atom stereocenters. The maximum atomic E-state index is 10.1. The van der Waals surface area contributed by atoms with E-state index in [1.165, 1.54) is 0 Å². The van der Waals surface area contributed by atoms with Crippen molar-refractivity contribution in [1.82, 2.24) is 16.0 Å². The summed E-state index contributed by atoms with van der Waals surface area (Å²) < 4.78 is 0. The highest BCUT2D eigenvalue weighted by atomic mass is 79.9. The van der Waals surface area contributed by atoms with Crippen LogP contribution < -0.4 is 66.9 Å². The highest BCUT2D eigenvalue weighted by molar-refractivity contribution is 5.78. The summed E-state index contributed by atoms with van der Waals surface area (Å²) >= 11 is 0. The fraction of sp³-hybridized carbons (Fsp3) is 0.750. The Morgan fingerprint density at radius 3 is 0.810 bits per heavy atom. The minimum atomic E-state index is 0. The Bertz CT molecular complexity index is 246. The van der Waals surface area contributed by atoms with Crippen LogP contribution >= 0.6 is 0 Å². The van der Waals surface area contributed by atoms with Gasteiger partial charge in [0.15, 0.2) is 0 Å². The third-order valence-electron chi connectivity index (χ3n) is 2.71. The Hall–Kier alpha value is -0.150. The minimum Gasteiger partial charge on any atom is -1.00 e. The van der Waals surface area contributed by atoms with Gasteiger partial charge in [-0.3, -0.25) is 14.4 Å². The Morgan fingerprint density at radius 1 is 0.524 bits per heavy atom. The summed E-state index contributed by atoms with van der Waals surface area (Å²) in [4.78, 5) is 30.4. The summed E-state index contributed by atoms with van der Waals surface area (Å²) in [7, 11) is 0. The fourth-order valence-corrected chi connectivity index (χ4v) is 1.70. The summed E-state index contributed by atoms with van der Waals surface area (Å²) in [6.45, 7) is 2.66. The molecule has 0 radical (unpaired) electrons. The van der Waals surface area contributed by atoms with Gasteiger partial charge in [0, 0.05) is 38.9 Å². The summed E-state index contributed by atoms with van der Waals surface area (Å²) in [5.41, 5.74) is 0. The van der Waals surface area contributed by atoms with Gasteiger partial charge in [0.05, 0.1) is 0 Å². The topological polar surface area (TPSA) is 87.3 Å². The molecule has 0 bridgehead atoms. The molecule has 3 amide bonds. The summed E-state index contributed by atoms with van der Waals surface area (Å²) in [5, 5.41) is 8.04. The molecular weight excluding hydrogens is 474 g/mol. The number of nitrogens with one attached hydrogen (secondary N) is 3. The van der Waals surface area contributed by atoms with Crippen molar-refractivity contribution < 1.29 is 65.3 Å². The first-order valence-electron chi connectivity index (χ1n) is 6.48. The Kier molecular flexibility index (Phi) is 19.9. The molecule has 126 valence electrons. The van der Waals surface area contributed by atoms with Crippen molar-refractivity contribution in [3.8, 4) is 0 Å². The van der Waals surface area contributed by atoms with E-state index in [1.807, 2.05) is 0 Å². The molecule has 3 N–H and O–H groups in total. The van der Waals surface area contributed by atoms with E-state index in [9.17, 15) is 14.4 Å². The van der Waals surface area contributed by atoms with E-state index in [2.05, 4.69) is 16.0 Å². The average molecular weight is 495 g/mol. The first-order valence-corrected chi connectivity index (χ1v) is 6.48. The highest BCUT2D eigenvalue weighted by Crippen LogP contribution is 1.94. The molecule has 3 fully saturated rings. The van der Waals surface area contributed by atoms with Gasteiger partial charge in [-0.25, -0.2) is 0 Å². The van der Waals surface area contributed by atoms with Crippen LogP contribution in [0.4, 0.5) is 0 Å². The van der Waals surface area contributed by atoms with E-state index in [0.717, 1.165) is 58.2 Å². The molecule has 3 aliphatic rings. The highest BCUT2D eigenvalue weighted by Gasteiger charge is 2.06. The van der Waals surface area contributed by atoms with Crippen LogP contribution in [-0.4, -0.2) is 37.4 Å². The quantitative estimate of drug-likeness (QED) is 0.312. The van der Waals surface area contributed by atoms with Gasteiger partial charge < -0.3 is 66.9 Å². The zero-order valence-corrected chi connectivity index (χ0v) is 16.5. The zero-order chi connectivity index (χ0) is 13.2. The van der Waals surface area contributed by atoms with Gasteiger partial charge in [-0.1, -0.05) is 0 Å². The molecule has 0 aliphatic carbocycles. The summed E-state index contributed by atoms with van der Waals surface area (Å²) in [6, 6.07) is 0. The maximum absolute atomic E-state index is 10.1. The van der Waals surface area contributed by atoms with Crippen molar-refractivity contribution in [3.05, 3.63) is 0 Å². The molecule has 9 heteroatoms.